The lowest BCUT2D eigenvalue weighted by molar-refractivity contribution is -0.146. The van der Waals surface area contributed by atoms with Crippen LogP contribution >= 0.6 is 0 Å². The molecule has 2 amide bonds. The van der Waals surface area contributed by atoms with Gasteiger partial charge in [-0.05, 0) is 44.9 Å². The summed E-state index contributed by atoms with van der Waals surface area (Å²) in [5.74, 6) is -0.537. The van der Waals surface area contributed by atoms with Crippen LogP contribution in [0.1, 0.15) is 46.1 Å². The molecule has 0 unspecified atom stereocenters. The van der Waals surface area contributed by atoms with Crippen LogP contribution in [0.4, 0.5) is 5.69 Å². The average Bonchev–Trinajstić information content (AvgIpc) is 2.54. The van der Waals surface area contributed by atoms with Crippen LogP contribution in [0.15, 0.2) is 24.3 Å². The third-order valence-electron chi connectivity index (χ3n) is 3.63. The Hall–Kier alpha value is -2.35. The molecule has 0 spiro atoms. The number of nitrogens with zero attached hydrogens (tertiary/aromatic N) is 2. The minimum absolute atomic E-state index is 0.171. The molecule has 0 heterocycles. The van der Waals surface area contributed by atoms with E-state index in [0.29, 0.717) is 24.3 Å². The van der Waals surface area contributed by atoms with Crippen molar-refractivity contribution in [2.24, 2.45) is 5.41 Å². The predicted octanol–water partition coefficient (Wildman–Crippen LogP) is 3.17. The highest BCUT2D eigenvalue weighted by Crippen LogP contribution is 2.23. The largest absolute Gasteiger partial charge is 0.342 e. The monoisotopic (exact) mass is 315 g/mol. The Kier molecular flexibility index (Phi) is 6.77. The molecule has 0 fully saturated rings. The van der Waals surface area contributed by atoms with E-state index in [2.05, 4.69) is 5.32 Å². The second-order valence-corrected chi connectivity index (χ2v) is 6.06. The van der Waals surface area contributed by atoms with Gasteiger partial charge in [-0.1, -0.05) is 19.9 Å². The number of hydrogen-bond donors (Lipinski definition) is 1. The van der Waals surface area contributed by atoms with Crippen LogP contribution in [0.5, 0.6) is 0 Å². The summed E-state index contributed by atoms with van der Waals surface area (Å²) in [5.41, 5.74) is -0.175. The number of hydrogen-bond acceptors (Lipinski definition) is 3. The maximum Gasteiger partial charge on any atom is 0.239 e. The second kappa shape index (κ2) is 8.33. The first-order valence-electron chi connectivity index (χ1n) is 7.97. The van der Waals surface area contributed by atoms with Crippen LogP contribution in [0.3, 0.4) is 0 Å². The summed E-state index contributed by atoms with van der Waals surface area (Å²) < 4.78 is 0. The average molecular weight is 315 g/mol. The molecule has 124 valence electrons. The lowest BCUT2D eigenvalue weighted by Gasteiger charge is -2.30. The lowest BCUT2D eigenvalue weighted by Crippen LogP contribution is -2.47. The number of amides is 2. The Morgan fingerprint density at radius 1 is 1.22 bits per heavy atom. The molecular formula is C18H25N3O2. The third-order valence-corrected chi connectivity index (χ3v) is 3.63. The van der Waals surface area contributed by atoms with E-state index in [1.54, 1.807) is 43.0 Å². The van der Waals surface area contributed by atoms with Crippen molar-refractivity contribution in [3.8, 4) is 6.07 Å². The van der Waals surface area contributed by atoms with Gasteiger partial charge in [0.05, 0.1) is 11.6 Å². The quantitative estimate of drug-likeness (QED) is 0.785. The van der Waals surface area contributed by atoms with E-state index < -0.39 is 5.41 Å². The molecule has 0 aliphatic rings. The molecule has 0 bridgehead atoms. The number of rotatable bonds is 7. The Morgan fingerprint density at radius 3 is 2.35 bits per heavy atom. The molecule has 23 heavy (non-hydrogen) atoms. The molecule has 1 aromatic rings. The summed E-state index contributed by atoms with van der Waals surface area (Å²) in [6, 6.07) is 8.68. The van der Waals surface area contributed by atoms with Gasteiger partial charge in [-0.3, -0.25) is 9.59 Å². The minimum Gasteiger partial charge on any atom is -0.342 e. The molecule has 1 N–H and O–H groups in total. The highest BCUT2D eigenvalue weighted by molar-refractivity contribution is 6.09. The van der Waals surface area contributed by atoms with E-state index in [1.807, 2.05) is 19.9 Å². The number of carbonyl (C=O) groups is 2. The van der Waals surface area contributed by atoms with Crippen molar-refractivity contribution in [3.63, 3.8) is 0 Å². The summed E-state index contributed by atoms with van der Waals surface area (Å²) >= 11 is 0. The summed E-state index contributed by atoms with van der Waals surface area (Å²) in [6.45, 7) is 8.58. The zero-order valence-corrected chi connectivity index (χ0v) is 14.3. The van der Waals surface area contributed by atoms with Crippen molar-refractivity contribution in [1.82, 2.24) is 4.90 Å². The fourth-order valence-electron chi connectivity index (χ4n) is 2.30. The van der Waals surface area contributed by atoms with Gasteiger partial charge in [0.15, 0.2) is 0 Å². The van der Waals surface area contributed by atoms with E-state index in [0.717, 1.165) is 12.8 Å². The molecule has 1 rings (SSSR count). The minimum atomic E-state index is -1.16. The first-order valence-corrected chi connectivity index (χ1v) is 7.97. The zero-order chi connectivity index (χ0) is 17.5. The topological polar surface area (TPSA) is 73.2 Å². The number of nitrogens with one attached hydrogen (secondary N) is 1. The molecule has 0 aliphatic carbocycles. The molecule has 0 aliphatic heterocycles. The molecule has 0 aromatic heterocycles. The van der Waals surface area contributed by atoms with E-state index in [9.17, 15) is 9.59 Å². The first kappa shape index (κ1) is 18.7. The fraction of sp³-hybridized carbons (Fsp3) is 0.500. The van der Waals surface area contributed by atoms with Gasteiger partial charge in [0.25, 0.3) is 0 Å². The third kappa shape index (κ3) is 4.82. The van der Waals surface area contributed by atoms with Crippen molar-refractivity contribution in [2.45, 2.75) is 40.5 Å². The van der Waals surface area contributed by atoms with Gasteiger partial charge in [-0.2, -0.15) is 5.26 Å². The summed E-state index contributed by atoms with van der Waals surface area (Å²) in [4.78, 5) is 27.0. The molecule has 0 radical (unpaired) electrons. The standard InChI is InChI=1S/C18H25N3O2/c1-5-10-21(11-6-2)17(23)18(3,4)16(22)20-15-9-7-8-14(12-15)13-19/h7-9,12H,5-6,10-11H2,1-4H3,(H,20,22). The first-order chi connectivity index (χ1) is 10.9. The zero-order valence-electron chi connectivity index (χ0n) is 14.3. The maximum atomic E-state index is 12.7. The second-order valence-electron chi connectivity index (χ2n) is 6.06. The van der Waals surface area contributed by atoms with Gasteiger partial charge < -0.3 is 10.2 Å². The molecular weight excluding hydrogens is 290 g/mol. The maximum absolute atomic E-state index is 12.7. The van der Waals surface area contributed by atoms with Gasteiger partial charge in [0.2, 0.25) is 11.8 Å². The Balaban J connectivity index is 2.90. The van der Waals surface area contributed by atoms with Crippen LogP contribution in [0.2, 0.25) is 0 Å². The summed E-state index contributed by atoms with van der Waals surface area (Å²) in [7, 11) is 0. The van der Waals surface area contributed by atoms with E-state index in [4.69, 9.17) is 5.26 Å². The normalized spacial score (nSPS) is 10.7. The molecule has 0 saturated carbocycles. The van der Waals surface area contributed by atoms with Gasteiger partial charge in [-0.25, -0.2) is 0 Å². The lowest BCUT2D eigenvalue weighted by atomic mass is 9.90. The highest BCUT2D eigenvalue weighted by atomic mass is 16.2. The number of carbonyl (C=O) groups excluding carboxylic acids is 2. The highest BCUT2D eigenvalue weighted by Gasteiger charge is 2.38. The van der Waals surface area contributed by atoms with Crippen molar-refractivity contribution in [1.29, 1.82) is 5.26 Å². The molecule has 0 saturated heterocycles. The summed E-state index contributed by atoms with van der Waals surface area (Å²) in [6.07, 6.45) is 1.71. The Labute approximate surface area is 138 Å². The van der Waals surface area contributed by atoms with Crippen LogP contribution in [0, 0.1) is 16.7 Å². The number of nitriles is 1. The van der Waals surface area contributed by atoms with Gasteiger partial charge >= 0.3 is 0 Å². The fourth-order valence-corrected chi connectivity index (χ4v) is 2.30. The Morgan fingerprint density at radius 2 is 1.83 bits per heavy atom. The van der Waals surface area contributed by atoms with Crippen molar-refractivity contribution < 1.29 is 9.59 Å². The number of anilines is 1. The molecule has 1 aromatic carbocycles. The summed E-state index contributed by atoms with van der Waals surface area (Å²) in [5, 5.41) is 11.7. The van der Waals surface area contributed by atoms with E-state index in [1.165, 1.54) is 0 Å². The van der Waals surface area contributed by atoms with Crippen molar-refractivity contribution in [2.75, 3.05) is 18.4 Å². The van der Waals surface area contributed by atoms with E-state index in [-0.39, 0.29) is 11.8 Å². The smallest absolute Gasteiger partial charge is 0.239 e. The molecule has 0 atom stereocenters. The van der Waals surface area contributed by atoms with Gasteiger partial charge in [0, 0.05) is 18.8 Å². The predicted molar refractivity (Wildman–Crippen MR) is 90.7 cm³/mol. The Bertz CT molecular complexity index is 597. The van der Waals surface area contributed by atoms with E-state index >= 15 is 0 Å². The van der Waals surface area contributed by atoms with Gasteiger partial charge in [0.1, 0.15) is 5.41 Å². The van der Waals surface area contributed by atoms with Crippen LogP contribution in [-0.2, 0) is 9.59 Å². The van der Waals surface area contributed by atoms with Crippen LogP contribution in [0.25, 0.3) is 0 Å². The molecule has 5 heteroatoms. The van der Waals surface area contributed by atoms with Crippen LogP contribution < -0.4 is 5.32 Å². The van der Waals surface area contributed by atoms with Crippen LogP contribution in [-0.4, -0.2) is 29.8 Å². The molecule has 5 nitrogen and oxygen atoms in total. The van der Waals surface area contributed by atoms with Crippen molar-refractivity contribution >= 4 is 17.5 Å². The van der Waals surface area contributed by atoms with Crippen molar-refractivity contribution in [3.05, 3.63) is 29.8 Å². The number of benzene rings is 1. The van der Waals surface area contributed by atoms with Gasteiger partial charge in [-0.15, -0.1) is 0 Å². The SMILES string of the molecule is CCCN(CCC)C(=O)C(C)(C)C(=O)Nc1cccc(C#N)c1.